The third-order valence-corrected chi connectivity index (χ3v) is 1.96. The van der Waals surface area contributed by atoms with Crippen LogP contribution in [-0.4, -0.2) is 19.1 Å². The third-order valence-electron chi connectivity index (χ3n) is 1.53. The minimum Gasteiger partial charge on any atom is -0.453 e. The van der Waals surface area contributed by atoms with Gasteiger partial charge in [-0.15, -0.1) is 0 Å². The molecule has 4 N–H and O–H groups in total. The number of hydrogen-bond acceptors (Lipinski definition) is 3. The first-order valence-corrected chi connectivity index (χ1v) is 4.96. The number of carbonyl (C=O) groups excluding carboxylic acids is 1. The third kappa shape index (κ3) is 4.29. The molecule has 0 saturated heterocycles. The molecule has 14 heavy (non-hydrogen) atoms. The van der Waals surface area contributed by atoms with E-state index < -0.39 is 6.03 Å². The molecule has 0 aromatic carbocycles. The molecular formula is C8H12BrN3O2. The van der Waals surface area contributed by atoms with E-state index in [4.69, 9.17) is 10.2 Å². The Balaban J connectivity index is 2.07. The highest BCUT2D eigenvalue weighted by Crippen LogP contribution is 2.13. The Morgan fingerprint density at radius 2 is 2.29 bits per heavy atom. The summed E-state index contributed by atoms with van der Waals surface area (Å²) in [6, 6.07) is 3.20. The van der Waals surface area contributed by atoms with E-state index in [9.17, 15) is 4.79 Å². The molecule has 2 amide bonds. The van der Waals surface area contributed by atoms with Crippen molar-refractivity contribution in [3.8, 4) is 0 Å². The molecule has 0 saturated carbocycles. The van der Waals surface area contributed by atoms with Crippen molar-refractivity contribution in [3.05, 3.63) is 22.6 Å². The Hall–Kier alpha value is -1.01. The van der Waals surface area contributed by atoms with Gasteiger partial charge in [0.2, 0.25) is 0 Å². The molecule has 1 aromatic rings. The molecule has 0 aliphatic rings. The molecule has 0 unspecified atom stereocenters. The molecule has 1 aromatic heterocycles. The zero-order valence-corrected chi connectivity index (χ0v) is 9.13. The van der Waals surface area contributed by atoms with Crippen molar-refractivity contribution in [2.75, 3.05) is 13.1 Å². The first-order chi connectivity index (χ1) is 6.68. The van der Waals surface area contributed by atoms with Crippen molar-refractivity contribution in [1.29, 1.82) is 0 Å². The molecule has 0 fully saturated rings. The van der Waals surface area contributed by atoms with Crippen LogP contribution in [0.25, 0.3) is 0 Å². The fourth-order valence-corrected chi connectivity index (χ4v) is 1.27. The van der Waals surface area contributed by atoms with Crippen LogP contribution in [-0.2, 0) is 6.54 Å². The van der Waals surface area contributed by atoms with E-state index in [1.54, 1.807) is 0 Å². The summed E-state index contributed by atoms with van der Waals surface area (Å²) in [5.41, 5.74) is 4.89. The van der Waals surface area contributed by atoms with Crippen LogP contribution in [0.1, 0.15) is 5.76 Å². The number of furan rings is 1. The minimum absolute atomic E-state index is 0.507. The maximum absolute atomic E-state index is 10.3. The zero-order valence-electron chi connectivity index (χ0n) is 7.55. The molecular weight excluding hydrogens is 250 g/mol. The minimum atomic E-state index is -0.507. The highest BCUT2D eigenvalue weighted by Gasteiger charge is 1.98. The number of hydrogen-bond donors (Lipinski definition) is 3. The van der Waals surface area contributed by atoms with E-state index >= 15 is 0 Å². The summed E-state index contributed by atoms with van der Waals surface area (Å²) in [6.07, 6.45) is 0. The van der Waals surface area contributed by atoms with Crippen LogP contribution >= 0.6 is 15.9 Å². The topological polar surface area (TPSA) is 80.3 Å². The van der Waals surface area contributed by atoms with Gasteiger partial charge in [-0.1, -0.05) is 0 Å². The predicted molar refractivity (Wildman–Crippen MR) is 55.7 cm³/mol. The molecule has 0 radical (unpaired) electrons. The average molecular weight is 262 g/mol. The van der Waals surface area contributed by atoms with Crippen LogP contribution in [0.4, 0.5) is 4.79 Å². The number of halogens is 1. The van der Waals surface area contributed by atoms with Crippen molar-refractivity contribution in [2.45, 2.75) is 6.54 Å². The lowest BCUT2D eigenvalue weighted by Gasteiger charge is -2.02. The van der Waals surface area contributed by atoms with Gasteiger partial charge in [-0.05, 0) is 28.1 Å². The lowest BCUT2D eigenvalue weighted by atomic mass is 10.4. The number of primary amides is 1. The number of amides is 2. The summed E-state index contributed by atoms with van der Waals surface area (Å²) in [5.74, 6) is 0.843. The van der Waals surface area contributed by atoms with E-state index in [0.29, 0.717) is 24.3 Å². The van der Waals surface area contributed by atoms with Crippen molar-refractivity contribution < 1.29 is 9.21 Å². The van der Waals surface area contributed by atoms with Crippen LogP contribution in [0.15, 0.2) is 21.2 Å². The molecule has 0 atom stereocenters. The van der Waals surface area contributed by atoms with Gasteiger partial charge in [0.15, 0.2) is 4.67 Å². The van der Waals surface area contributed by atoms with Gasteiger partial charge in [-0.3, -0.25) is 0 Å². The van der Waals surface area contributed by atoms with Gasteiger partial charge >= 0.3 is 6.03 Å². The molecule has 5 nitrogen and oxygen atoms in total. The SMILES string of the molecule is NC(=O)NCCNCc1ccc(Br)o1. The molecule has 0 spiro atoms. The quantitative estimate of drug-likeness (QED) is 0.686. The smallest absolute Gasteiger partial charge is 0.312 e. The fourth-order valence-electron chi connectivity index (χ4n) is 0.932. The lowest BCUT2D eigenvalue weighted by Crippen LogP contribution is -2.35. The molecule has 0 aliphatic heterocycles. The van der Waals surface area contributed by atoms with E-state index in [-0.39, 0.29) is 0 Å². The standard InChI is InChI=1S/C8H12BrN3O2/c9-7-2-1-6(14-7)5-11-3-4-12-8(10)13/h1-2,11H,3-5H2,(H3,10,12,13). The molecule has 78 valence electrons. The van der Waals surface area contributed by atoms with Gasteiger partial charge in [0, 0.05) is 13.1 Å². The van der Waals surface area contributed by atoms with E-state index in [1.807, 2.05) is 12.1 Å². The van der Waals surface area contributed by atoms with Gasteiger partial charge < -0.3 is 20.8 Å². The first-order valence-electron chi connectivity index (χ1n) is 4.16. The zero-order chi connectivity index (χ0) is 10.4. The van der Waals surface area contributed by atoms with Crippen LogP contribution in [0.5, 0.6) is 0 Å². The van der Waals surface area contributed by atoms with Gasteiger partial charge in [-0.25, -0.2) is 4.79 Å². The van der Waals surface area contributed by atoms with Crippen molar-refractivity contribution in [2.24, 2.45) is 5.73 Å². The Morgan fingerprint density at radius 1 is 1.50 bits per heavy atom. The van der Waals surface area contributed by atoms with Crippen LogP contribution in [0.2, 0.25) is 0 Å². The number of urea groups is 1. The second kappa shape index (κ2) is 5.66. The monoisotopic (exact) mass is 261 g/mol. The normalized spacial score (nSPS) is 10.1. The Labute approximate surface area is 90.2 Å². The Morgan fingerprint density at radius 3 is 2.86 bits per heavy atom. The number of rotatable bonds is 5. The second-order valence-electron chi connectivity index (χ2n) is 2.67. The summed E-state index contributed by atoms with van der Waals surface area (Å²) in [4.78, 5) is 10.3. The predicted octanol–water partition coefficient (Wildman–Crippen LogP) is 0.800. The highest BCUT2D eigenvalue weighted by molar-refractivity contribution is 9.10. The highest BCUT2D eigenvalue weighted by atomic mass is 79.9. The molecule has 0 aliphatic carbocycles. The summed E-state index contributed by atoms with van der Waals surface area (Å²) < 4.78 is 5.97. The summed E-state index contributed by atoms with van der Waals surface area (Å²) in [7, 11) is 0. The maximum Gasteiger partial charge on any atom is 0.312 e. The van der Waals surface area contributed by atoms with Crippen LogP contribution < -0.4 is 16.4 Å². The number of carbonyl (C=O) groups is 1. The van der Waals surface area contributed by atoms with Crippen molar-refractivity contribution in [3.63, 3.8) is 0 Å². The number of nitrogens with one attached hydrogen (secondary N) is 2. The number of nitrogens with two attached hydrogens (primary N) is 1. The van der Waals surface area contributed by atoms with Gasteiger partial charge in [0.05, 0.1) is 6.54 Å². The summed E-state index contributed by atoms with van der Waals surface area (Å²) in [6.45, 7) is 1.80. The van der Waals surface area contributed by atoms with E-state index in [0.717, 1.165) is 5.76 Å². The Kier molecular flexibility index (Phi) is 4.48. The molecule has 1 rings (SSSR count). The maximum atomic E-state index is 10.3. The first kappa shape index (κ1) is 11.1. The Bertz CT molecular complexity index is 301. The van der Waals surface area contributed by atoms with Crippen LogP contribution in [0.3, 0.4) is 0 Å². The van der Waals surface area contributed by atoms with E-state index in [2.05, 4.69) is 26.6 Å². The molecule has 6 heteroatoms. The van der Waals surface area contributed by atoms with Gasteiger partial charge in [0.25, 0.3) is 0 Å². The summed E-state index contributed by atoms with van der Waals surface area (Å²) in [5, 5.41) is 5.56. The van der Waals surface area contributed by atoms with Crippen molar-refractivity contribution >= 4 is 22.0 Å². The molecule has 0 bridgehead atoms. The average Bonchev–Trinajstić information content (AvgIpc) is 2.50. The molecule has 1 heterocycles. The van der Waals surface area contributed by atoms with Gasteiger partial charge in [0.1, 0.15) is 5.76 Å². The lowest BCUT2D eigenvalue weighted by molar-refractivity contribution is 0.249. The van der Waals surface area contributed by atoms with Gasteiger partial charge in [-0.2, -0.15) is 0 Å². The van der Waals surface area contributed by atoms with E-state index in [1.165, 1.54) is 0 Å². The fraction of sp³-hybridized carbons (Fsp3) is 0.375. The summed E-state index contributed by atoms with van der Waals surface area (Å²) >= 11 is 3.21. The second-order valence-corrected chi connectivity index (χ2v) is 3.46. The largest absolute Gasteiger partial charge is 0.453 e. The van der Waals surface area contributed by atoms with Crippen LogP contribution in [0, 0.1) is 0 Å². The van der Waals surface area contributed by atoms with Crippen molar-refractivity contribution in [1.82, 2.24) is 10.6 Å².